The molecule has 0 spiro atoms. The fourth-order valence-electron chi connectivity index (χ4n) is 1.36. The number of anilines is 2. The molecule has 0 bridgehead atoms. The number of rotatable bonds is 3. The summed E-state index contributed by atoms with van der Waals surface area (Å²) in [5.74, 6) is -2.80. The second-order valence-corrected chi connectivity index (χ2v) is 3.59. The molecular formula is C11H12N2O5. The summed E-state index contributed by atoms with van der Waals surface area (Å²) in [4.78, 5) is 32.7. The Morgan fingerprint density at radius 3 is 2.06 bits per heavy atom. The first-order valence-corrected chi connectivity index (χ1v) is 4.96. The van der Waals surface area contributed by atoms with Gasteiger partial charge in [-0.2, -0.15) is 0 Å². The summed E-state index contributed by atoms with van der Waals surface area (Å²) in [6.45, 7) is 2.47. The molecule has 96 valence electrons. The molecule has 1 rings (SSSR count). The summed E-state index contributed by atoms with van der Waals surface area (Å²) in [6.07, 6.45) is 0. The van der Waals surface area contributed by atoms with E-state index < -0.39 is 29.1 Å². The van der Waals surface area contributed by atoms with Crippen LogP contribution in [0.2, 0.25) is 0 Å². The topological polar surface area (TPSA) is 116 Å². The van der Waals surface area contributed by atoms with E-state index in [-0.39, 0.29) is 11.4 Å². The van der Waals surface area contributed by atoms with Crippen LogP contribution in [0.25, 0.3) is 0 Å². The van der Waals surface area contributed by atoms with Crippen molar-refractivity contribution >= 4 is 29.2 Å². The molecule has 0 heterocycles. The van der Waals surface area contributed by atoms with Gasteiger partial charge in [0.05, 0.1) is 5.69 Å². The highest BCUT2D eigenvalue weighted by Gasteiger charge is 2.16. The van der Waals surface area contributed by atoms with E-state index >= 15 is 0 Å². The number of hydrogen-bond donors (Lipinski definition) is 4. The van der Waals surface area contributed by atoms with Crippen molar-refractivity contribution < 1.29 is 24.6 Å². The first-order valence-electron chi connectivity index (χ1n) is 4.96. The number of benzene rings is 1. The maximum atomic E-state index is 10.9. The lowest BCUT2D eigenvalue weighted by Crippen LogP contribution is -2.11. The minimum Gasteiger partial charge on any atom is -0.505 e. The molecule has 0 aromatic heterocycles. The monoisotopic (exact) mass is 252 g/mol. The Balaban J connectivity index is 3.31. The number of carboxylic acid groups (broad SMARTS) is 1. The van der Waals surface area contributed by atoms with Gasteiger partial charge in [0, 0.05) is 19.5 Å². The van der Waals surface area contributed by atoms with Crippen LogP contribution in [-0.4, -0.2) is 28.0 Å². The van der Waals surface area contributed by atoms with Crippen molar-refractivity contribution in [2.24, 2.45) is 0 Å². The van der Waals surface area contributed by atoms with Crippen LogP contribution >= 0.6 is 0 Å². The maximum Gasteiger partial charge on any atom is 0.339 e. The summed E-state index contributed by atoms with van der Waals surface area (Å²) in [7, 11) is 0. The van der Waals surface area contributed by atoms with E-state index in [4.69, 9.17) is 5.11 Å². The van der Waals surface area contributed by atoms with Crippen molar-refractivity contribution in [1.82, 2.24) is 0 Å². The van der Waals surface area contributed by atoms with Gasteiger partial charge in [0.25, 0.3) is 0 Å². The maximum absolute atomic E-state index is 10.9. The average molecular weight is 252 g/mol. The Morgan fingerprint density at radius 2 is 1.61 bits per heavy atom. The van der Waals surface area contributed by atoms with Crippen molar-refractivity contribution in [2.45, 2.75) is 13.8 Å². The number of carboxylic acids is 1. The van der Waals surface area contributed by atoms with Gasteiger partial charge in [0.15, 0.2) is 5.75 Å². The SMILES string of the molecule is CC(=O)Nc1cc(NC(C)=O)c(O)c(C(=O)O)c1. The normalized spacial score (nSPS) is 9.67. The second kappa shape index (κ2) is 5.17. The molecule has 7 heteroatoms. The van der Waals surface area contributed by atoms with Crippen LogP contribution in [0.5, 0.6) is 5.75 Å². The number of hydrogen-bond acceptors (Lipinski definition) is 4. The van der Waals surface area contributed by atoms with Crippen molar-refractivity contribution in [1.29, 1.82) is 0 Å². The molecule has 0 aliphatic carbocycles. The number of aromatic hydroxyl groups is 1. The molecule has 0 aliphatic rings. The van der Waals surface area contributed by atoms with E-state index in [1.165, 1.54) is 19.9 Å². The third-order valence-electron chi connectivity index (χ3n) is 1.97. The Kier molecular flexibility index (Phi) is 3.88. The van der Waals surface area contributed by atoms with Crippen LogP contribution in [0.3, 0.4) is 0 Å². The smallest absolute Gasteiger partial charge is 0.339 e. The van der Waals surface area contributed by atoms with Crippen molar-refractivity contribution in [3.8, 4) is 5.75 Å². The molecule has 0 atom stereocenters. The van der Waals surface area contributed by atoms with Crippen LogP contribution in [0, 0.1) is 0 Å². The molecular weight excluding hydrogens is 240 g/mol. The fourth-order valence-corrected chi connectivity index (χ4v) is 1.36. The van der Waals surface area contributed by atoms with Gasteiger partial charge in [-0.1, -0.05) is 0 Å². The summed E-state index contributed by atoms with van der Waals surface area (Å²) < 4.78 is 0. The van der Waals surface area contributed by atoms with Crippen LogP contribution < -0.4 is 10.6 Å². The van der Waals surface area contributed by atoms with Gasteiger partial charge in [-0.25, -0.2) is 4.79 Å². The molecule has 2 amide bonds. The van der Waals surface area contributed by atoms with Gasteiger partial charge in [-0.15, -0.1) is 0 Å². The Bertz CT molecular complexity index is 524. The highest BCUT2D eigenvalue weighted by molar-refractivity contribution is 6.00. The molecule has 7 nitrogen and oxygen atoms in total. The highest BCUT2D eigenvalue weighted by Crippen LogP contribution is 2.31. The predicted octanol–water partition coefficient (Wildman–Crippen LogP) is 1.01. The minimum atomic E-state index is -1.37. The molecule has 1 aromatic carbocycles. The number of nitrogens with one attached hydrogen (secondary N) is 2. The number of aromatic carboxylic acids is 1. The molecule has 18 heavy (non-hydrogen) atoms. The molecule has 0 aliphatic heterocycles. The van der Waals surface area contributed by atoms with E-state index in [1.807, 2.05) is 0 Å². The van der Waals surface area contributed by atoms with Gasteiger partial charge in [0.1, 0.15) is 5.56 Å². The Hall–Kier alpha value is -2.57. The van der Waals surface area contributed by atoms with Gasteiger partial charge in [-0.05, 0) is 12.1 Å². The van der Waals surface area contributed by atoms with Gasteiger partial charge >= 0.3 is 5.97 Å². The van der Waals surface area contributed by atoms with Crippen LogP contribution in [0.15, 0.2) is 12.1 Å². The quantitative estimate of drug-likeness (QED) is 0.473. The number of carbonyl (C=O) groups is 3. The summed E-state index contributed by atoms with van der Waals surface area (Å²) >= 11 is 0. The fraction of sp³-hybridized carbons (Fsp3) is 0.182. The lowest BCUT2D eigenvalue weighted by molar-refractivity contribution is -0.115. The van der Waals surface area contributed by atoms with Crippen LogP contribution in [0.1, 0.15) is 24.2 Å². The van der Waals surface area contributed by atoms with Crippen molar-refractivity contribution in [3.05, 3.63) is 17.7 Å². The molecule has 0 unspecified atom stereocenters. The zero-order chi connectivity index (χ0) is 13.9. The molecule has 0 saturated heterocycles. The zero-order valence-corrected chi connectivity index (χ0v) is 9.77. The number of carbonyl (C=O) groups excluding carboxylic acids is 2. The first-order chi connectivity index (χ1) is 8.31. The average Bonchev–Trinajstić information content (AvgIpc) is 2.20. The summed E-state index contributed by atoms with van der Waals surface area (Å²) in [6, 6.07) is 2.37. The van der Waals surface area contributed by atoms with E-state index in [0.29, 0.717) is 0 Å². The Morgan fingerprint density at radius 1 is 1.06 bits per heavy atom. The van der Waals surface area contributed by atoms with Gasteiger partial charge < -0.3 is 20.8 Å². The standard InChI is InChI=1S/C11H12N2O5/c1-5(14)12-7-3-8(11(17)18)10(16)9(4-7)13-6(2)15/h3-4,16H,1-2H3,(H,12,14)(H,13,15)(H,17,18). The van der Waals surface area contributed by atoms with Crippen molar-refractivity contribution in [3.63, 3.8) is 0 Å². The Labute approximate surface area is 102 Å². The first kappa shape index (κ1) is 13.5. The van der Waals surface area contributed by atoms with Crippen molar-refractivity contribution in [2.75, 3.05) is 10.6 Å². The van der Waals surface area contributed by atoms with E-state index in [2.05, 4.69) is 10.6 Å². The van der Waals surface area contributed by atoms with E-state index in [9.17, 15) is 19.5 Å². The minimum absolute atomic E-state index is 0.0776. The third-order valence-corrected chi connectivity index (χ3v) is 1.97. The highest BCUT2D eigenvalue weighted by atomic mass is 16.4. The van der Waals surface area contributed by atoms with Gasteiger partial charge in [0.2, 0.25) is 11.8 Å². The van der Waals surface area contributed by atoms with Gasteiger partial charge in [-0.3, -0.25) is 9.59 Å². The van der Waals surface area contributed by atoms with Crippen LogP contribution in [-0.2, 0) is 9.59 Å². The summed E-state index contributed by atoms with van der Waals surface area (Å²) in [5.41, 5.74) is -0.322. The molecule has 0 fully saturated rings. The van der Waals surface area contributed by atoms with E-state index in [0.717, 1.165) is 6.07 Å². The molecule has 0 saturated carbocycles. The molecule has 1 aromatic rings. The lowest BCUT2D eigenvalue weighted by Gasteiger charge is -2.11. The summed E-state index contributed by atoms with van der Waals surface area (Å²) in [5, 5.41) is 23.2. The molecule has 4 N–H and O–H groups in total. The number of phenols is 1. The van der Waals surface area contributed by atoms with Crippen LogP contribution in [0.4, 0.5) is 11.4 Å². The third kappa shape index (κ3) is 3.21. The van der Waals surface area contributed by atoms with E-state index in [1.54, 1.807) is 0 Å². The zero-order valence-electron chi connectivity index (χ0n) is 9.77. The predicted molar refractivity (Wildman–Crippen MR) is 63.7 cm³/mol. The largest absolute Gasteiger partial charge is 0.505 e. The number of amides is 2. The second-order valence-electron chi connectivity index (χ2n) is 3.59. The lowest BCUT2D eigenvalue weighted by atomic mass is 10.1. The molecule has 0 radical (unpaired) electrons.